The summed E-state index contributed by atoms with van der Waals surface area (Å²) in [4.78, 5) is 32.3. The van der Waals surface area contributed by atoms with Crippen molar-refractivity contribution in [2.75, 3.05) is 26.2 Å². The minimum atomic E-state index is -0.543. The van der Waals surface area contributed by atoms with Crippen LogP contribution in [-0.4, -0.2) is 58.6 Å². The number of hydrogen-bond acceptors (Lipinski definition) is 3. The number of carbonyl (C=O) groups is 2. The number of likely N-dealkylation sites (tertiary alicyclic amines) is 2. The van der Waals surface area contributed by atoms with E-state index in [0.717, 1.165) is 35.7 Å². The molecule has 6 nitrogen and oxygen atoms in total. The van der Waals surface area contributed by atoms with E-state index in [9.17, 15) is 14.0 Å². The third-order valence-electron chi connectivity index (χ3n) is 6.04. The van der Waals surface area contributed by atoms with Crippen LogP contribution < -0.4 is 0 Å². The third-order valence-corrected chi connectivity index (χ3v) is 6.04. The molecule has 0 bridgehead atoms. The molecule has 0 aliphatic carbocycles. The van der Waals surface area contributed by atoms with Gasteiger partial charge in [0, 0.05) is 49.2 Å². The molecule has 4 rings (SSSR count). The first kappa shape index (κ1) is 20.7. The zero-order chi connectivity index (χ0) is 21.5. The van der Waals surface area contributed by atoms with Gasteiger partial charge in [-0.25, -0.2) is 9.18 Å². The maximum atomic E-state index is 13.5. The lowest BCUT2D eigenvalue weighted by Gasteiger charge is -2.35. The molecule has 2 unspecified atom stereocenters. The van der Waals surface area contributed by atoms with Gasteiger partial charge in [-0.1, -0.05) is 0 Å². The van der Waals surface area contributed by atoms with Crippen LogP contribution in [0.5, 0.6) is 0 Å². The minimum Gasteiger partial charge on any atom is -0.444 e. The van der Waals surface area contributed by atoms with Crippen molar-refractivity contribution in [1.82, 2.24) is 14.8 Å². The number of benzene rings is 1. The Balaban J connectivity index is 1.40. The summed E-state index contributed by atoms with van der Waals surface area (Å²) in [6.45, 7) is 7.96. The first-order chi connectivity index (χ1) is 14.2. The molecule has 162 valence electrons. The largest absolute Gasteiger partial charge is 0.444 e. The number of nitrogens with zero attached hydrogens (tertiary/aromatic N) is 2. The normalized spacial score (nSPS) is 22.5. The topological polar surface area (TPSA) is 65.6 Å². The van der Waals surface area contributed by atoms with Gasteiger partial charge in [-0.05, 0) is 63.8 Å². The number of nitrogens with one attached hydrogen (secondary N) is 1. The third kappa shape index (κ3) is 4.30. The van der Waals surface area contributed by atoms with Crippen LogP contribution in [0.4, 0.5) is 9.18 Å². The average Bonchev–Trinajstić information content (AvgIpc) is 3.32. The second kappa shape index (κ2) is 7.93. The van der Waals surface area contributed by atoms with Crippen LogP contribution in [0.1, 0.15) is 51.5 Å². The molecule has 2 atom stereocenters. The quantitative estimate of drug-likeness (QED) is 0.797. The molecule has 2 fully saturated rings. The summed E-state index contributed by atoms with van der Waals surface area (Å²) < 4.78 is 18.9. The van der Waals surface area contributed by atoms with Crippen molar-refractivity contribution in [2.24, 2.45) is 5.92 Å². The summed E-state index contributed by atoms with van der Waals surface area (Å²) in [5.41, 5.74) is 1.38. The van der Waals surface area contributed by atoms with Gasteiger partial charge >= 0.3 is 6.09 Å². The van der Waals surface area contributed by atoms with Crippen LogP contribution >= 0.6 is 0 Å². The fourth-order valence-electron chi connectivity index (χ4n) is 4.60. The minimum absolute atomic E-state index is 0.122. The van der Waals surface area contributed by atoms with Gasteiger partial charge in [-0.2, -0.15) is 0 Å². The highest BCUT2D eigenvalue weighted by Crippen LogP contribution is 2.34. The van der Waals surface area contributed by atoms with Gasteiger partial charge in [-0.3, -0.25) is 4.79 Å². The molecule has 0 saturated carbocycles. The Morgan fingerprint density at radius 3 is 2.70 bits per heavy atom. The highest BCUT2D eigenvalue weighted by atomic mass is 19.1. The van der Waals surface area contributed by atoms with Crippen LogP contribution in [-0.2, 0) is 9.53 Å². The van der Waals surface area contributed by atoms with E-state index in [4.69, 9.17) is 4.74 Å². The van der Waals surface area contributed by atoms with Gasteiger partial charge < -0.3 is 19.5 Å². The molecule has 2 amide bonds. The van der Waals surface area contributed by atoms with Crippen LogP contribution in [0.3, 0.4) is 0 Å². The lowest BCUT2D eigenvalue weighted by molar-refractivity contribution is -0.136. The summed E-state index contributed by atoms with van der Waals surface area (Å²) in [5, 5.41) is 1.02. The highest BCUT2D eigenvalue weighted by Gasteiger charge is 2.36. The summed E-state index contributed by atoms with van der Waals surface area (Å²) in [6, 6.07) is 4.79. The Kier molecular flexibility index (Phi) is 5.47. The smallest absolute Gasteiger partial charge is 0.410 e. The van der Waals surface area contributed by atoms with E-state index in [2.05, 4.69) is 4.98 Å². The van der Waals surface area contributed by atoms with Crippen LogP contribution in [0.2, 0.25) is 0 Å². The van der Waals surface area contributed by atoms with Gasteiger partial charge in [0.15, 0.2) is 0 Å². The number of aromatic nitrogens is 1. The monoisotopic (exact) mass is 415 g/mol. The molecule has 3 heterocycles. The molecule has 2 saturated heterocycles. The standard InChI is InChI=1S/C23H30FN3O3/c1-23(2,3)30-22(29)27-9-4-5-16(14-27)21(28)26-10-8-15(13-26)19-12-25-20-11-17(24)6-7-18(19)20/h6-7,11-12,15-16,25H,4-5,8-10,13-14H2,1-3H3. The molecule has 2 aliphatic heterocycles. The van der Waals surface area contributed by atoms with Gasteiger partial charge in [0.1, 0.15) is 11.4 Å². The van der Waals surface area contributed by atoms with Crippen LogP contribution in [0, 0.1) is 11.7 Å². The molecule has 1 aromatic carbocycles. The van der Waals surface area contributed by atoms with E-state index >= 15 is 0 Å². The van der Waals surface area contributed by atoms with E-state index in [0.29, 0.717) is 26.2 Å². The van der Waals surface area contributed by atoms with Crippen molar-refractivity contribution in [2.45, 2.75) is 51.6 Å². The van der Waals surface area contributed by atoms with E-state index < -0.39 is 5.60 Å². The Bertz CT molecular complexity index is 949. The maximum absolute atomic E-state index is 13.5. The number of rotatable bonds is 2. The van der Waals surface area contributed by atoms with E-state index in [-0.39, 0.29) is 29.7 Å². The van der Waals surface area contributed by atoms with Crippen molar-refractivity contribution in [3.05, 3.63) is 35.8 Å². The molecule has 1 N–H and O–H groups in total. The Morgan fingerprint density at radius 2 is 1.93 bits per heavy atom. The number of hydrogen-bond donors (Lipinski definition) is 1. The molecule has 2 aromatic rings. The van der Waals surface area contributed by atoms with Crippen molar-refractivity contribution < 1.29 is 18.7 Å². The van der Waals surface area contributed by atoms with Crippen molar-refractivity contribution in [3.63, 3.8) is 0 Å². The number of aromatic amines is 1. The van der Waals surface area contributed by atoms with Crippen molar-refractivity contribution in [3.8, 4) is 0 Å². The molecule has 1 aromatic heterocycles. The second-order valence-corrected chi connectivity index (χ2v) is 9.47. The summed E-state index contributed by atoms with van der Waals surface area (Å²) in [7, 11) is 0. The number of amides is 2. The van der Waals surface area contributed by atoms with Gasteiger partial charge in [0.25, 0.3) is 0 Å². The number of H-pyrrole nitrogens is 1. The molecule has 7 heteroatoms. The van der Waals surface area contributed by atoms with E-state index in [1.807, 2.05) is 31.9 Å². The average molecular weight is 416 g/mol. The molecular formula is C23H30FN3O3. The number of fused-ring (bicyclic) bond motifs is 1. The van der Waals surface area contributed by atoms with E-state index in [1.54, 1.807) is 11.0 Å². The molecular weight excluding hydrogens is 385 g/mol. The first-order valence-corrected chi connectivity index (χ1v) is 10.7. The van der Waals surface area contributed by atoms with Crippen LogP contribution in [0.25, 0.3) is 10.9 Å². The first-order valence-electron chi connectivity index (χ1n) is 10.7. The van der Waals surface area contributed by atoms with Crippen molar-refractivity contribution in [1.29, 1.82) is 0 Å². The fourth-order valence-corrected chi connectivity index (χ4v) is 4.60. The SMILES string of the molecule is CC(C)(C)OC(=O)N1CCCC(C(=O)N2CCC(c3c[nH]c4cc(F)ccc34)C2)C1. The van der Waals surface area contributed by atoms with Gasteiger partial charge in [-0.15, -0.1) is 0 Å². The Labute approximate surface area is 176 Å². The lowest BCUT2D eigenvalue weighted by atomic mass is 9.96. The number of carbonyl (C=O) groups excluding carboxylic acids is 2. The lowest BCUT2D eigenvalue weighted by Crippen LogP contribution is -2.47. The molecule has 0 radical (unpaired) electrons. The fraction of sp³-hybridized carbons (Fsp3) is 0.565. The summed E-state index contributed by atoms with van der Waals surface area (Å²) >= 11 is 0. The molecule has 30 heavy (non-hydrogen) atoms. The predicted octanol–water partition coefficient (Wildman–Crippen LogP) is 4.27. The van der Waals surface area contributed by atoms with Gasteiger partial charge in [0.05, 0.1) is 5.92 Å². The maximum Gasteiger partial charge on any atom is 0.410 e. The van der Waals surface area contributed by atoms with E-state index in [1.165, 1.54) is 12.1 Å². The Morgan fingerprint density at radius 1 is 1.13 bits per heavy atom. The number of ether oxygens (including phenoxy) is 1. The zero-order valence-corrected chi connectivity index (χ0v) is 17.9. The highest BCUT2D eigenvalue weighted by molar-refractivity contribution is 5.84. The Hall–Kier alpha value is -2.57. The number of halogens is 1. The van der Waals surface area contributed by atoms with Crippen LogP contribution in [0.15, 0.2) is 24.4 Å². The second-order valence-electron chi connectivity index (χ2n) is 9.47. The van der Waals surface area contributed by atoms with Crippen molar-refractivity contribution >= 4 is 22.9 Å². The summed E-state index contributed by atoms with van der Waals surface area (Å²) in [6.07, 6.45) is 4.09. The predicted molar refractivity (Wildman–Crippen MR) is 113 cm³/mol. The van der Waals surface area contributed by atoms with Gasteiger partial charge in [0.2, 0.25) is 5.91 Å². The summed E-state index contributed by atoms with van der Waals surface area (Å²) in [5.74, 6) is -0.0802. The molecule has 0 spiro atoms. The zero-order valence-electron chi connectivity index (χ0n) is 17.9. The molecule has 2 aliphatic rings. The number of piperidine rings is 1.